The van der Waals surface area contributed by atoms with Crippen molar-refractivity contribution in [3.8, 4) is 5.75 Å². The fraction of sp³-hybridized carbons (Fsp3) is 0.400. The van der Waals surface area contributed by atoms with Gasteiger partial charge in [-0.3, -0.25) is 0 Å². The monoisotopic (exact) mass is 260 g/mol. The fourth-order valence-electron chi connectivity index (χ4n) is 1.75. The maximum Gasteiger partial charge on any atom is 0.150 e. The Morgan fingerprint density at radius 1 is 1.21 bits per heavy atom. The van der Waals surface area contributed by atoms with E-state index in [-0.39, 0.29) is 0 Å². The zero-order valence-corrected chi connectivity index (χ0v) is 11.5. The normalized spacial score (nSPS) is 10.6. The van der Waals surface area contributed by atoms with E-state index in [9.17, 15) is 0 Å². The molecule has 0 unspecified atom stereocenters. The first kappa shape index (κ1) is 13.6. The van der Waals surface area contributed by atoms with Gasteiger partial charge in [-0.1, -0.05) is 24.2 Å². The standard InChI is InChI=1S/C15H20N2O2/c1-3-8-18-14-6-4-13(5-7-14)10-16-11-15-9-12(2)17-19-15/h4-7,9,16H,3,8,10-11H2,1-2H3. The molecule has 19 heavy (non-hydrogen) atoms. The number of nitrogens with zero attached hydrogens (tertiary/aromatic N) is 1. The lowest BCUT2D eigenvalue weighted by molar-refractivity contribution is 0.317. The summed E-state index contributed by atoms with van der Waals surface area (Å²) >= 11 is 0. The highest BCUT2D eigenvalue weighted by molar-refractivity contribution is 5.27. The van der Waals surface area contributed by atoms with E-state index in [2.05, 4.69) is 29.5 Å². The van der Waals surface area contributed by atoms with Crippen molar-refractivity contribution in [2.75, 3.05) is 6.61 Å². The summed E-state index contributed by atoms with van der Waals surface area (Å²) in [6, 6.07) is 10.1. The Bertz CT molecular complexity index is 491. The third-order valence-corrected chi connectivity index (χ3v) is 2.70. The molecule has 2 aromatic rings. The first-order chi connectivity index (χ1) is 9.28. The number of aromatic nitrogens is 1. The fourth-order valence-corrected chi connectivity index (χ4v) is 1.75. The maximum atomic E-state index is 5.54. The van der Waals surface area contributed by atoms with Crippen LogP contribution in [0, 0.1) is 6.92 Å². The molecule has 0 aliphatic carbocycles. The van der Waals surface area contributed by atoms with Crippen LogP contribution in [0.15, 0.2) is 34.9 Å². The average Bonchev–Trinajstić information content (AvgIpc) is 2.84. The van der Waals surface area contributed by atoms with E-state index in [1.165, 1.54) is 5.56 Å². The molecule has 1 heterocycles. The Kier molecular flexibility index (Phi) is 4.98. The Morgan fingerprint density at radius 3 is 2.63 bits per heavy atom. The summed E-state index contributed by atoms with van der Waals surface area (Å²) in [6.07, 6.45) is 1.03. The number of ether oxygens (including phenoxy) is 1. The van der Waals surface area contributed by atoms with Gasteiger partial charge < -0.3 is 14.6 Å². The van der Waals surface area contributed by atoms with E-state index in [4.69, 9.17) is 9.26 Å². The molecule has 1 aromatic carbocycles. The van der Waals surface area contributed by atoms with Gasteiger partial charge in [-0.25, -0.2) is 0 Å². The zero-order chi connectivity index (χ0) is 13.5. The molecule has 0 aliphatic rings. The van der Waals surface area contributed by atoms with Crippen LogP contribution in [-0.2, 0) is 13.1 Å². The lowest BCUT2D eigenvalue weighted by atomic mass is 10.2. The number of aryl methyl sites for hydroxylation is 1. The van der Waals surface area contributed by atoms with Crippen LogP contribution >= 0.6 is 0 Å². The van der Waals surface area contributed by atoms with Crippen molar-refractivity contribution in [3.05, 3.63) is 47.3 Å². The van der Waals surface area contributed by atoms with E-state index in [0.717, 1.165) is 36.8 Å². The first-order valence-electron chi connectivity index (χ1n) is 6.62. The second kappa shape index (κ2) is 6.95. The summed E-state index contributed by atoms with van der Waals surface area (Å²) in [7, 11) is 0. The van der Waals surface area contributed by atoms with Crippen LogP contribution in [0.2, 0.25) is 0 Å². The van der Waals surface area contributed by atoms with Gasteiger partial charge in [0.15, 0.2) is 5.76 Å². The highest BCUT2D eigenvalue weighted by atomic mass is 16.5. The SMILES string of the molecule is CCCOc1ccc(CNCc2cc(C)no2)cc1. The van der Waals surface area contributed by atoms with Gasteiger partial charge in [0.05, 0.1) is 18.8 Å². The minimum absolute atomic E-state index is 0.689. The summed E-state index contributed by atoms with van der Waals surface area (Å²) in [5, 5.41) is 7.17. The smallest absolute Gasteiger partial charge is 0.150 e. The second-order valence-electron chi connectivity index (χ2n) is 4.53. The van der Waals surface area contributed by atoms with Gasteiger partial charge in [-0.15, -0.1) is 0 Å². The Labute approximate surface area is 113 Å². The quantitative estimate of drug-likeness (QED) is 0.831. The molecule has 0 saturated carbocycles. The Balaban J connectivity index is 1.76. The predicted molar refractivity (Wildman–Crippen MR) is 74.0 cm³/mol. The van der Waals surface area contributed by atoms with E-state index in [0.29, 0.717) is 6.54 Å². The van der Waals surface area contributed by atoms with Crippen LogP contribution in [-0.4, -0.2) is 11.8 Å². The van der Waals surface area contributed by atoms with Gasteiger partial charge in [0, 0.05) is 12.6 Å². The van der Waals surface area contributed by atoms with Crippen molar-refractivity contribution in [3.63, 3.8) is 0 Å². The summed E-state index contributed by atoms with van der Waals surface area (Å²) < 4.78 is 10.7. The van der Waals surface area contributed by atoms with Crippen molar-refractivity contribution in [1.29, 1.82) is 0 Å². The van der Waals surface area contributed by atoms with Crippen LogP contribution < -0.4 is 10.1 Å². The van der Waals surface area contributed by atoms with E-state index in [1.54, 1.807) is 0 Å². The average molecular weight is 260 g/mol. The Morgan fingerprint density at radius 2 is 2.00 bits per heavy atom. The number of benzene rings is 1. The minimum Gasteiger partial charge on any atom is -0.494 e. The van der Waals surface area contributed by atoms with Crippen LogP contribution in [0.25, 0.3) is 0 Å². The lowest BCUT2D eigenvalue weighted by Crippen LogP contribution is -2.12. The molecule has 1 aromatic heterocycles. The third kappa shape index (κ3) is 4.41. The molecule has 4 heteroatoms. The summed E-state index contributed by atoms with van der Waals surface area (Å²) in [5.41, 5.74) is 2.13. The highest BCUT2D eigenvalue weighted by Crippen LogP contribution is 2.12. The van der Waals surface area contributed by atoms with E-state index >= 15 is 0 Å². The van der Waals surface area contributed by atoms with Gasteiger partial charge in [0.25, 0.3) is 0 Å². The molecule has 2 rings (SSSR count). The molecular formula is C15H20N2O2. The zero-order valence-electron chi connectivity index (χ0n) is 11.5. The van der Waals surface area contributed by atoms with Crippen LogP contribution in [0.5, 0.6) is 5.75 Å². The maximum absolute atomic E-state index is 5.54. The minimum atomic E-state index is 0.689. The molecule has 1 N–H and O–H groups in total. The number of nitrogens with one attached hydrogen (secondary N) is 1. The molecule has 102 valence electrons. The molecule has 0 radical (unpaired) electrons. The predicted octanol–water partition coefficient (Wildman–Crippen LogP) is 3.06. The molecule has 0 spiro atoms. The van der Waals surface area contributed by atoms with Crippen molar-refractivity contribution in [2.24, 2.45) is 0 Å². The molecule has 0 atom stereocenters. The second-order valence-corrected chi connectivity index (χ2v) is 4.53. The highest BCUT2D eigenvalue weighted by Gasteiger charge is 2.00. The molecule has 0 bridgehead atoms. The van der Waals surface area contributed by atoms with Gasteiger partial charge in [0.2, 0.25) is 0 Å². The summed E-state index contributed by atoms with van der Waals surface area (Å²) in [4.78, 5) is 0. The van der Waals surface area contributed by atoms with Gasteiger partial charge in [-0.05, 0) is 31.0 Å². The largest absolute Gasteiger partial charge is 0.494 e. The lowest BCUT2D eigenvalue weighted by Gasteiger charge is -2.06. The van der Waals surface area contributed by atoms with E-state index < -0.39 is 0 Å². The molecular weight excluding hydrogens is 240 g/mol. The van der Waals surface area contributed by atoms with Crippen molar-refractivity contribution < 1.29 is 9.26 Å². The number of hydrogen-bond acceptors (Lipinski definition) is 4. The molecule has 4 nitrogen and oxygen atoms in total. The summed E-state index contributed by atoms with van der Waals surface area (Å²) in [6.45, 7) is 6.27. The van der Waals surface area contributed by atoms with Crippen LogP contribution in [0.4, 0.5) is 0 Å². The molecule has 0 aliphatic heterocycles. The van der Waals surface area contributed by atoms with Gasteiger partial charge >= 0.3 is 0 Å². The molecule has 0 fully saturated rings. The van der Waals surface area contributed by atoms with Gasteiger partial charge in [-0.2, -0.15) is 0 Å². The van der Waals surface area contributed by atoms with E-state index in [1.807, 2.05) is 25.1 Å². The first-order valence-corrected chi connectivity index (χ1v) is 6.62. The molecule has 0 amide bonds. The third-order valence-electron chi connectivity index (χ3n) is 2.70. The number of hydrogen-bond donors (Lipinski definition) is 1. The summed E-state index contributed by atoms with van der Waals surface area (Å²) in [5.74, 6) is 1.79. The van der Waals surface area contributed by atoms with Crippen molar-refractivity contribution in [2.45, 2.75) is 33.4 Å². The Hall–Kier alpha value is -1.81. The van der Waals surface area contributed by atoms with Gasteiger partial charge in [0.1, 0.15) is 5.75 Å². The van der Waals surface area contributed by atoms with Crippen LogP contribution in [0.3, 0.4) is 0 Å². The number of rotatable bonds is 7. The molecule has 0 saturated heterocycles. The van der Waals surface area contributed by atoms with Crippen molar-refractivity contribution >= 4 is 0 Å². The van der Waals surface area contributed by atoms with Crippen LogP contribution in [0.1, 0.15) is 30.4 Å². The topological polar surface area (TPSA) is 47.3 Å². The van der Waals surface area contributed by atoms with Crippen molar-refractivity contribution in [1.82, 2.24) is 10.5 Å².